The van der Waals surface area contributed by atoms with Crippen molar-refractivity contribution in [1.29, 1.82) is 0 Å². The van der Waals surface area contributed by atoms with Crippen LogP contribution in [0.2, 0.25) is 0 Å². The maximum atomic E-state index is 12.3. The van der Waals surface area contributed by atoms with Crippen molar-refractivity contribution in [2.45, 2.75) is 52.2 Å². The molecule has 0 bridgehead atoms. The van der Waals surface area contributed by atoms with Crippen molar-refractivity contribution in [3.05, 3.63) is 18.0 Å². The third-order valence-corrected chi connectivity index (χ3v) is 3.34. The van der Waals surface area contributed by atoms with Gasteiger partial charge in [-0.3, -0.25) is 0 Å². The third kappa shape index (κ3) is 4.40. The van der Waals surface area contributed by atoms with Crippen molar-refractivity contribution in [2.24, 2.45) is 0 Å². The van der Waals surface area contributed by atoms with Gasteiger partial charge in [0.1, 0.15) is 11.6 Å². The molecule has 1 aromatic heterocycles. The zero-order chi connectivity index (χ0) is 17.0. The Morgan fingerprint density at radius 1 is 1.30 bits per heavy atom. The van der Waals surface area contributed by atoms with Gasteiger partial charge in [0.2, 0.25) is 5.95 Å². The molecule has 1 aliphatic heterocycles. The molecule has 0 N–H and O–H groups in total. The molecule has 1 unspecified atom stereocenters. The summed E-state index contributed by atoms with van der Waals surface area (Å²) in [6.07, 6.45) is 4.42. The van der Waals surface area contributed by atoms with Crippen LogP contribution in [0.4, 0.5) is 5.95 Å². The monoisotopic (exact) mass is 321 g/mol. The Morgan fingerprint density at radius 2 is 1.96 bits per heavy atom. The molecule has 7 nitrogen and oxygen atoms in total. The topological polar surface area (TPSA) is 81.6 Å². The molecule has 2 rings (SSSR count). The van der Waals surface area contributed by atoms with Gasteiger partial charge in [-0.2, -0.15) is 0 Å². The summed E-state index contributed by atoms with van der Waals surface area (Å²) in [5.74, 6) is -0.302. The zero-order valence-electron chi connectivity index (χ0n) is 14.0. The molecule has 7 heteroatoms. The fourth-order valence-corrected chi connectivity index (χ4v) is 2.41. The van der Waals surface area contributed by atoms with Crippen molar-refractivity contribution in [3.8, 4) is 0 Å². The van der Waals surface area contributed by atoms with Crippen LogP contribution in [-0.2, 0) is 14.3 Å². The quantitative estimate of drug-likeness (QED) is 0.784. The number of nitrogens with zero attached hydrogens (tertiary/aromatic N) is 3. The molecule has 0 aromatic carbocycles. The van der Waals surface area contributed by atoms with Crippen LogP contribution in [0.15, 0.2) is 12.4 Å². The van der Waals surface area contributed by atoms with Crippen LogP contribution in [0.5, 0.6) is 0 Å². The van der Waals surface area contributed by atoms with Crippen LogP contribution in [0, 0.1) is 0 Å². The van der Waals surface area contributed by atoms with E-state index in [-0.39, 0.29) is 12.0 Å². The number of ether oxygens (including phenoxy) is 2. The Labute approximate surface area is 136 Å². The fraction of sp³-hybridized carbons (Fsp3) is 0.625. The van der Waals surface area contributed by atoms with Crippen LogP contribution in [0.1, 0.15) is 50.9 Å². The number of esters is 2. The van der Waals surface area contributed by atoms with Gasteiger partial charge in [-0.1, -0.05) is 0 Å². The summed E-state index contributed by atoms with van der Waals surface area (Å²) in [6, 6.07) is -0.386. The Balaban J connectivity index is 2.10. The molecule has 23 heavy (non-hydrogen) atoms. The summed E-state index contributed by atoms with van der Waals surface area (Å²) in [5, 5.41) is 0. The van der Waals surface area contributed by atoms with Crippen molar-refractivity contribution in [2.75, 3.05) is 18.1 Å². The second-order valence-electron chi connectivity index (χ2n) is 6.38. The Bertz CT molecular complexity index is 566. The van der Waals surface area contributed by atoms with E-state index in [4.69, 9.17) is 9.47 Å². The molecule has 1 saturated heterocycles. The predicted molar refractivity (Wildman–Crippen MR) is 84.2 cm³/mol. The summed E-state index contributed by atoms with van der Waals surface area (Å²) in [4.78, 5) is 34.1. The number of carbonyl (C=O) groups is 2. The highest BCUT2D eigenvalue weighted by Crippen LogP contribution is 2.24. The number of anilines is 1. The average molecular weight is 321 g/mol. The number of aromatic nitrogens is 2. The van der Waals surface area contributed by atoms with Crippen molar-refractivity contribution >= 4 is 17.9 Å². The van der Waals surface area contributed by atoms with Gasteiger partial charge < -0.3 is 14.4 Å². The first-order valence-electron chi connectivity index (χ1n) is 7.80. The number of carbonyl (C=O) groups excluding carboxylic acids is 2. The minimum atomic E-state index is -0.528. The normalized spacial score (nSPS) is 17.9. The second kappa shape index (κ2) is 6.93. The van der Waals surface area contributed by atoms with Gasteiger partial charge in [0.05, 0.1) is 12.2 Å². The Kier molecular flexibility index (Phi) is 5.18. The van der Waals surface area contributed by atoms with Gasteiger partial charge in [-0.25, -0.2) is 19.6 Å². The minimum absolute atomic E-state index is 0.270. The average Bonchev–Trinajstić information content (AvgIpc) is 2.95. The standard InChI is InChI=1S/C16H23N3O4/c1-5-22-13(20)11-9-17-15(18-10-11)19-8-6-7-12(19)14(21)23-16(2,3)4/h9-10,12H,5-8H2,1-4H3. The lowest BCUT2D eigenvalue weighted by Crippen LogP contribution is -2.41. The van der Waals surface area contributed by atoms with E-state index >= 15 is 0 Å². The van der Waals surface area contributed by atoms with Crippen molar-refractivity contribution in [1.82, 2.24) is 9.97 Å². The van der Waals surface area contributed by atoms with Gasteiger partial charge >= 0.3 is 11.9 Å². The highest BCUT2D eigenvalue weighted by atomic mass is 16.6. The van der Waals surface area contributed by atoms with E-state index in [0.717, 1.165) is 6.42 Å². The lowest BCUT2D eigenvalue weighted by molar-refractivity contribution is -0.156. The SMILES string of the molecule is CCOC(=O)c1cnc(N2CCCC2C(=O)OC(C)(C)C)nc1. The summed E-state index contributed by atoms with van der Waals surface area (Å²) >= 11 is 0. The number of hydrogen-bond donors (Lipinski definition) is 0. The van der Waals surface area contributed by atoms with E-state index < -0.39 is 11.6 Å². The highest BCUT2D eigenvalue weighted by molar-refractivity contribution is 5.88. The smallest absolute Gasteiger partial charge is 0.341 e. The van der Waals surface area contributed by atoms with Crippen molar-refractivity contribution in [3.63, 3.8) is 0 Å². The molecule has 0 aliphatic carbocycles. The first kappa shape index (κ1) is 17.2. The Morgan fingerprint density at radius 3 is 2.52 bits per heavy atom. The Hall–Kier alpha value is -2.18. The van der Waals surface area contributed by atoms with Gasteiger partial charge in [-0.15, -0.1) is 0 Å². The van der Waals surface area contributed by atoms with Gasteiger partial charge in [0.15, 0.2) is 0 Å². The van der Waals surface area contributed by atoms with E-state index in [0.29, 0.717) is 31.1 Å². The van der Waals surface area contributed by atoms with E-state index in [1.54, 1.807) is 6.92 Å². The highest BCUT2D eigenvalue weighted by Gasteiger charge is 2.35. The van der Waals surface area contributed by atoms with Crippen molar-refractivity contribution < 1.29 is 19.1 Å². The summed E-state index contributed by atoms with van der Waals surface area (Å²) in [5.41, 5.74) is -0.233. The maximum absolute atomic E-state index is 12.3. The van der Waals surface area contributed by atoms with Crippen LogP contribution < -0.4 is 4.90 Å². The first-order valence-corrected chi connectivity index (χ1v) is 7.80. The molecular weight excluding hydrogens is 298 g/mol. The van der Waals surface area contributed by atoms with E-state index in [1.165, 1.54) is 12.4 Å². The summed E-state index contributed by atoms with van der Waals surface area (Å²) in [7, 11) is 0. The van der Waals surface area contributed by atoms with Crippen LogP contribution in [0.25, 0.3) is 0 Å². The molecule has 126 valence electrons. The molecular formula is C16H23N3O4. The molecule has 2 heterocycles. The lowest BCUT2D eigenvalue weighted by atomic mass is 10.1. The number of rotatable bonds is 4. The lowest BCUT2D eigenvalue weighted by Gasteiger charge is -2.27. The van der Waals surface area contributed by atoms with E-state index in [2.05, 4.69) is 9.97 Å². The molecule has 1 aliphatic rings. The molecule has 1 aromatic rings. The largest absolute Gasteiger partial charge is 0.462 e. The zero-order valence-corrected chi connectivity index (χ0v) is 14.0. The second-order valence-corrected chi connectivity index (χ2v) is 6.38. The van der Waals surface area contributed by atoms with Crippen LogP contribution in [0.3, 0.4) is 0 Å². The van der Waals surface area contributed by atoms with Crippen LogP contribution in [-0.4, -0.2) is 46.7 Å². The molecule has 1 fully saturated rings. The first-order chi connectivity index (χ1) is 10.8. The maximum Gasteiger partial charge on any atom is 0.341 e. The molecule has 0 spiro atoms. The van der Waals surface area contributed by atoms with E-state index in [1.807, 2.05) is 25.7 Å². The summed E-state index contributed by atoms with van der Waals surface area (Å²) < 4.78 is 10.4. The molecule has 0 radical (unpaired) electrons. The van der Waals surface area contributed by atoms with Gasteiger partial charge in [0.25, 0.3) is 0 Å². The molecule has 0 saturated carbocycles. The molecule has 0 amide bonds. The molecule has 1 atom stereocenters. The summed E-state index contributed by atoms with van der Waals surface area (Å²) in [6.45, 7) is 8.25. The van der Waals surface area contributed by atoms with Gasteiger partial charge in [-0.05, 0) is 40.5 Å². The minimum Gasteiger partial charge on any atom is -0.462 e. The number of hydrogen-bond acceptors (Lipinski definition) is 7. The third-order valence-electron chi connectivity index (χ3n) is 3.34. The van der Waals surface area contributed by atoms with E-state index in [9.17, 15) is 9.59 Å². The fourth-order valence-electron chi connectivity index (χ4n) is 2.41. The van der Waals surface area contributed by atoms with Gasteiger partial charge in [0, 0.05) is 18.9 Å². The van der Waals surface area contributed by atoms with Crippen LogP contribution >= 0.6 is 0 Å². The predicted octanol–water partition coefficient (Wildman–Crippen LogP) is 1.96.